The van der Waals surface area contributed by atoms with E-state index in [0.717, 1.165) is 30.5 Å². The summed E-state index contributed by atoms with van der Waals surface area (Å²) in [4.78, 5) is 25.8. The van der Waals surface area contributed by atoms with E-state index >= 15 is 0 Å². The molecule has 1 amide bonds. The van der Waals surface area contributed by atoms with Crippen LogP contribution >= 0.6 is 0 Å². The van der Waals surface area contributed by atoms with Crippen molar-refractivity contribution in [2.75, 3.05) is 13.7 Å². The fourth-order valence-electron chi connectivity index (χ4n) is 3.86. The molecule has 6 heteroatoms. The molecule has 2 atom stereocenters. The first-order chi connectivity index (χ1) is 14.0. The second kappa shape index (κ2) is 9.65. The Hall–Kier alpha value is -2.73. The molecule has 1 fully saturated rings. The van der Waals surface area contributed by atoms with Crippen LogP contribution in [0.3, 0.4) is 0 Å². The Morgan fingerprint density at radius 3 is 2.55 bits per heavy atom. The Balaban J connectivity index is 1.51. The van der Waals surface area contributed by atoms with Gasteiger partial charge in [-0.1, -0.05) is 24.3 Å². The van der Waals surface area contributed by atoms with E-state index < -0.39 is 0 Å². The molecule has 0 unspecified atom stereocenters. The number of halogens is 1. The first-order valence-electron chi connectivity index (χ1n) is 9.94. The van der Waals surface area contributed by atoms with Gasteiger partial charge in [-0.25, -0.2) is 9.18 Å². The maximum Gasteiger partial charge on any atom is 0.337 e. The van der Waals surface area contributed by atoms with Crippen molar-refractivity contribution >= 4 is 11.9 Å². The van der Waals surface area contributed by atoms with Gasteiger partial charge in [-0.05, 0) is 61.7 Å². The van der Waals surface area contributed by atoms with Gasteiger partial charge in [0.25, 0.3) is 0 Å². The Morgan fingerprint density at radius 2 is 1.90 bits per heavy atom. The zero-order valence-corrected chi connectivity index (χ0v) is 16.9. The summed E-state index contributed by atoms with van der Waals surface area (Å²) in [7, 11) is 1.37. The minimum Gasteiger partial charge on any atom is -0.465 e. The topological polar surface area (TPSA) is 58.6 Å². The van der Waals surface area contributed by atoms with Crippen LogP contribution in [0.25, 0.3) is 0 Å². The number of hydrogen-bond acceptors (Lipinski definition) is 4. The lowest BCUT2D eigenvalue weighted by atomic mass is 10.0. The number of hydrogen-bond donors (Lipinski definition) is 1. The molecule has 29 heavy (non-hydrogen) atoms. The summed E-state index contributed by atoms with van der Waals surface area (Å²) >= 11 is 0. The number of amides is 1. The molecule has 2 aromatic rings. The summed E-state index contributed by atoms with van der Waals surface area (Å²) in [6, 6.07) is 13.8. The van der Waals surface area contributed by atoms with Crippen LogP contribution in [-0.4, -0.2) is 36.5 Å². The third kappa shape index (κ3) is 5.21. The molecule has 0 saturated carbocycles. The number of benzene rings is 2. The minimum atomic E-state index is -0.342. The second-order valence-electron chi connectivity index (χ2n) is 7.37. The third-order valence-corrected chi connectivity index (χ3v) is 5.50. The average Bonchev–Trinajstić information content (AvgIpc) is 3.11. The van der Waals surface area contributed by atoms with Crippen LogP contribution in [0, 0.1) is 5.82 Å². The highest BCUT2D eigenvalue weighted by atomic mass is 19.1. The fraction of sp³-hybridized carbons (Fsp3) is 0.391. The standard InChI is InChI=1S/C23H27FN2O3/c1-16(18-7-9-20(24)10-8-18)26-21(11-12-22(26)27)13-14-25-15-17-3-5-19(6-4-17)23(28)29-2/h3-10,16,21,25H,11-15H2,1-2H3/t16-,21+/m1/s1. The molecule has 0 bridgehead atoms. The zero-order chi connectivity index (χ0) is 20.8. The molecule has 2 aromatic carbocycles. The first-order valence-corrected chi connectivity index (χ1v) is 9.94. The zero-order valence-electron chi connectivity index (χ0n) is 16.9. The van der Waals surface area contributed by atoms with E-state index in [0.29, 0.717) is 18.5 Å². The lowest BCUT2D eigenvalue weighted by Crippen LogP contribution is -2.37. The van der Waals surface area contributed by atoms with Gasteiger partial charge in [0.15, 0.2) is 0 Å². The number of ether oxygens (including phenoxy) is 1. The van der Waals surface area contributed by atoms with Gasteiger partial charge in [-0.2, -0.15) is 0 Å². The van der Waals surface area contributed by atoms with Crippen LogP contribution in [0.4, 0.5) is 4.39 Å². The molecule has 1 N–H and O–H groups in total. The van der Waals surface area contributed by atoms with Gasteiger partial charge in [-0.3, -0.25) is 4.79 Å². The van der Waals surface area contributed by atoms with Crippen molar-refractivity contribution < 1.29 is 18.7 Å². The summed E-state index contributed by atoms with van der Waals surface area (Å²) in [6.07, 6.45) is 2.27. The molecule has 1 heterocycles. The van der Waals surface area contributed by atoms with Gasteiger partial charge >= 0.3 is 5.97 Å². The maximum atomic E-state index is 13.2. The number of methoxy groups -OCH3 is 1. The SMILES string of the molecule is COC(=O)c1ccc(CNCC[C@@H]2CCC(=O)N2[C@H](C)c2ccc(F)cc2)cc1. The maximum absolute atomic E-state index is 13.2. The first kappa shape index (κ1) is 21.0. The fourth-order valence-corrected chi connectivity index (χ4v) is 3.86. The number of likely N-dealkylation sites (tertiary alicyclic amines) is 1. The summed E-state index contributed by atoms with van der Waals surface area (Å²) < 4.78 is 17.9. The summed E-state index contributed by atoms with van der Waals surface area (Å²) in [5.74, 6) is -0.454. The van der Waals surface area contributed by atoms with E-state index in [1.807, 2.05) is 24.0 Å². The number of nitrogens with one attached hydrogen (secondary N) is 1. The third-order valence-electron chi connectivity index (χ3n) is 5.50. The Morgan fingerprint density at radius 1 is 1.21 bits per heavy atom. The van der Waals surface area contributed by atoms with Crippen LogP contribution in [-0.2, 0) is 16.1 Å². The van der Waals surface area contributed by atoms with E-state index in [2.05, 4.69) is 5.32 Å². The van der Waals surface area contributed by atoms with Gasteiger partial charge in [-0.15, -0.1) is 0 Å². The van der Waals surface area contributed by atoms with Gasteiger partial charge < -0.3 is 15.0 Å². The molecule has 0 aliphatic carbocycles. The Bertz CT molecular complexity index is 836. The van der Waals surface area contributed by atoms with Crippen molar-refractivity contribution in [3.05, 3.63) is 71.0 Å². The highest BCUT2D eigenvalue weighted by Gasteiger charge is 2.34. The van der Waals surface area contributed by atoms with Gasteiger partial charge in [0.05, 0.1) is 18.7 Å². The lowest BCUT2D eigenvalue weighted by molar-refractivity contribution is -0.131. The number of nitrogens with zero attached hydrogens (tertiary/aromatic N) is 1. The summed E-state index contributed by atoms with van der Waals surface area (Å²) in [5.41, 5.74) is 2.56. The van der Waals surface area contributed by atoms with E-state index in [1.165, 1.54) is 19.2 Å². The highest BCUT2D eigenvalue weighted by Crippen LogP contribution is 2.31. The van der Waals surface area contributed by atoms with Crippen LogP contribution in [0.5, 0.6) is 0 Å². The molecule has 0 radical (unpaired) electrons. The van der Waals surface area contributed by atoms with Crippen molar-refractivity contribution in [2.24, 2.45) is 0 Å². The van der Waals surface area contributed by atoms with E-state index in [4.69, 9.17) is 4.74 Å². The quantitative estimate of drug-likeness (QED) is 0.542. The van der Waals surface area contributed by atoms with Crippen molar-refractivity contribution in [3.8, 4) is 0 Å². The smallest absolute Gasteiger partial charge is 0.337 e. The van der Waals surface area contributed by atoms with Crippen LogP contribution in [0.1, 0.15) is 53.7 Å². The molecule has 154 valence electrons. The number of esters is 1. The average molecular weight is 398 g/mol. The van der Waals surface area contributed by atoms with Crippen molar-refractivity contribution in [3.63, 3.8) is 0 Å². The van der Waals surface area contributed by atoms with Crippen LogP contribution < -0.4 is 5.32 Å². The van der Waals surface area contributed by atoms with Crippen molar-refractivity contribution in [2.45, 2.75) is 44.8 Å². The number of rotatable bonds is 8. The second-order valence-corrected chi connectivity index (χ2v) is 7.37. The molecule has 5 nitrogen and oxygen atoms in total. The van der Waals surface area contributed by atoms with Crippen molar-refractivity contribution in [1.82, 2.24) is 10.2 Å². The van der Waals surface area contributed by atoms with Gasteiger partial charge in [0.2, 0.25) is 5.91 Å². The largest absolute Gasteiger partial charge is 0.465 e. The number of carbonyl (C=O) groups is 2. The van der Waals surface area contributed by atoms with Crippen LogP contribution in [0.2, 0.25) is 0 Å². The Labute approximate surface area is 170 Å². The predicted octanol–water partition coefficient (Wildman–Crippen LogP) is 3.84. The molecule has 3 rings (SSSR count). The molecule has 0 spiro atoms. The molecule has 0 aromatic heterocycles. The van der Waals surface area contributed by atoms with Gasteiger partial charge in [0, 0.05) is 19.0 Å². The monoisotopic (exact) mass is 398 g/mol. The minimum absolute atomic E-state index is 0.0681. The molecular formula is C23H27FN2O3. The van der Waals surface area contributed by atoms with Crippen molar-refractivity contribution in [1.29, 1.82) is 0 Å². The lowest BCUT2D eigenvalue weighted by Gasteiger charge is -2.31. The molecular weight excluding hydrogens is 371 g/mol. The summed E-state index contributed by atoms with van der Waals surface area (Å²) in [5, 5.41) is 3.41. The van der Waals surface area contributed by atoms with Crippen LogP contribution in [0.15, 0.2) is 48.5 Å². The molecule has 1 aliphatic heterocycles. The Kier molecular flexibility index (Phi) is 6.99. The molecule has 1 aliphatic rings. The van der Waals surface area contributed by atoms with E-state index in [1.54, 1.807) is 24.3 Å². The number of carbonyl (C=O) groups excluding carboxylic acids is 2. The predicted molar refractivity (Wildman–Crippen MR) is 109 cm³/mol. The molecule has 1 saturated heterocycles. The van der Waals surface area contributed by atoms with E-state index in [-0.39, 0.29) is 29.8 Å². The highest BCUT2D eigenvalue weighted by molar-refractivity contribution is 5.89. The van der Waals surface area contributed by atoms with Gasteiger partial charge in [0.1, 0.15) is 5.82 Å². The summed E-state index contributed by atoms with van der Waals surface area (Å²) in [6.45, 7) is 3.47. The van der Waals surface area contributed by atoms with E-state index in [9.17, 15) is 14.0 Å². The normalized spacial score (nSPS) is 17.4.